The van der Waals surface area contributed by atoms with Gasteiger partial charge in [-0.1, -0.05) is 30.3 Å². The van der Waals surface area contributed by atoms with Crippen LogP contribution >= 0.6 is 0 Å². The van der Waals surface area contributed by atoms with Gasteiger partial charge in [-0.15, -0.1) is 0 Å². The van der Waals surface area contributed by atoms with Crippen LogP contribution in [0.2, 0.25) is 0 Å². The van der Waals surface area contributed by atoms with Crippen molar-refractivity contribution in [1.29, 1.82) is 0 Å². The molecule has 3 N–H and O–H groups in total. The van der Waals surface area contributed by atoms with Crippen LogP contribution in [0.25, 0.3) is 10.8 Å². The number of rotatable bonds is 2. The van der Waals surface area contributed by atoms with Crippen LogP contribution in [0.5, 0.6) is 0 Å². The number of hydrogen-bond acceptors (Lipinski definition) is 4. The Labute approximate surface area is 111 Å². The van der Waals surface area contributed by atoms with Crippen molar-refractivity contribution < 1.29 is 10.0 Å². The second-order valence-corrected chi connectivity index (χ2v) is 4.94. The van der Waals surface area contributed by atoms with E-state index in [1.165, 1.54) is 0 Å². The monoisotopic (exact) mass is 256 g/mol. The summed E-state index contributed by atoms with van der Waals surface area (Å²) in [6.45, 7) is 0.543. The molecule has 0 aliphatic carbocycles. The van der Waals surface area contributed by atoms with E-state index >= 15 is 0 Å². The van der Waals surface area contributed by atoms with Crippen LogP contribution in [-0.4, -0.2) is 28.6 Å². The standard InChI is InChI=1S/C15H16N2O2/c16-12-8-7-10-4-1-2-5-11(10)14(12)15(18)13-6-3-9-17(13)19/h1-2,4-5,7-8,13,19H,3,6,9,16H2/t13-/m0/s1. The van der Waals surface area contributed by atoms with Crippen molar-refractivity contribution in [3.63, 3.8) is 0 Å². The van der Waals surface area contributed by atoms with Gasteiger partial charge in [0.2, 0.25) is 0 Å². The molecule has 1 aliphatic heterocycles. The third-order valence-electron chi connectivity index (χ3n) is 3.73. The fourth-order valence-corrected chi connectivity index (χ4v) is 2.75. The Balaban J connectivity index is 2.13. The van der Waals surface area contributed by atoms with Crippen molar-refractivity contribution in [3.8, 4) is 0 Å². The van der Waals surface area contributed by atoms with Gasteiger partial charge in [0, 0.05) is 12.2 Å². The summed E-state index contributed by atoms with van der Waals surface area (Å²) in [5, 5.41) is 12.7. The first-order valence-corrected chi connectivity index (χ1v) is 6.45. The first kappa shape index (κ1) is 12.1. The predicted molar refractivity (Wildman–Crippen MR) is 74.2 cm³/mol. The number of nitrogen functional groups attached to an aromatic ring is 1. The lowest BCUT2D eigenvalue weighted by molar-refractivity contribution is -0.0908. The van der Waals surface area contributed by atoms with Gasteiger partial charge in [-0.25, -0.2) is 0 Å². The number of carbonyl (C=O) groups excluding carboxylic acids is 1. The molecular weight excluding hydrogens is 240 g/mol. The van der Waals surface area contributed by atoms with Crippen molar-refractivity contribution in [2.45, 2.75) is 18.9 Å². The normalized spacial score (nSPS) is 19.9. The van der Waals surface area contributed by atoms with Crippen LogP contribution in [0, 0.1) is 0 Å². The van der Waals surface area contributed by atoms with Crippen molar-refractivity contribution >= 4 is 22.2 Å². The molecule has 1 aliphatic rings. The van der Waals surface area contributed by atoms with E-state index in [-0.39, 0.29) is 5.78 Å². The highest BCUT2D eigenvalue weighted by atomic mass is 16.5. The third-order valence-corrected chi connectivity index (χ3v) is 3.73. The van der Waals surface area contributed by atoms with Gasteiger partial charge in [0.15, 0.2) is 5.78 Å². The maximum absolute atomic E-state index is 12.6. The minimum Gasteiger partial charge on any atom is -0.398 e. The summed E-state index contributed by atoms with van der Waals surface area (Å²) in [6, 6.07) is 10.9. The van der Waals surface area contributed by atoms with Crippen LogP contribution in [0.1, 0.15) is 23.2 Å². The Kier molecular flexibility index (Phi) is 2.97. The fraction of sp³-hybridized carbons (Fsp3) is 0.267. The molecule has 98 valence electrons. The molecule has 3 rings (SSSR count). The minimum absolute atomic E-state index is 0.0886. The second-order valence-electron chi connectivity index (χ2n) is 4.94. The lowest BCUT2D eigenvalue weighted by Crippen LogP contribution is -2.33. The maximum atomic E-state index is 12.6. The first-order valence-electron chi connectivity index (χ1n) is 6.45. The summed E-state index contributed by atoms with van der Waals surface area (Å²) in [7, 11) is 0. The van der Waals surface area contributed by atoms with E-state index in [9.17, 15) is 10.0 Å². The molecule has 0 aromatic heterocycles. The van der Waals surface area contributed by atoms with Crippen molar-refractivity contribution in [2.24, 2.45) is 0 Å². The molecule has 1 fully saturated rings. The zero-order valence-corrected chi connectivity index (χ0v) is 10.5. The van der Waals surface area contributed by atoms with Gasteiger partial charge in [0.1, 0.15) is 0 Å². The smallest absolute Gasteiger partial charge is 0.185 e. The number of ketones is 1. The Morgan fingerprint density at radius 3 is 2.79 bits per heavy atom. The quantitative estimate of drug-likeness (QED) is 0.640. The Morgan fingerprint density at radius 1 is 1.26 bits per heavy atom. The van der Waals surface area contributed by atoms with Crippen LogP contribution in [0.4, 0.5) is 5.69 Å². The maximum Gasteiger partial charge on any atom is 0.185 e. The first-order chi connectivity index (χ1) is 9.18. The number of nitrogens with zero attached hydrogens (tertiary/aromatic N) is 1. The van der Waals surface area contributed by atoms with Crippen LogP contribution in [0.15, 0.2) is 36.4 Å². The number of hydrogen-bond donors (Lipinski definition) is 2. The second kappa shape index (κ2) is 4.64. The van der Waals surface area contributed by atoms with Gasteiger partial charge in [-0.05, 0) is 29.7 Å². The highest BCUT2D eigenvalue weighted by Gasteiger charge is 2.32. The van der Waals surface area contributed by atoms with Crippen LogP contribution in [0.3, 0.4) is 0 Å². The van der Waals surface area contributed by atoms with Crippen molar-refractivity contribution in [2.75, 3.05) is 12.3 Å². The number of fused-ring (bicyclic) bond motifs is 1. The van der Waals surface area contributed by atoms with Crippen molar-refractivity contribution in [3.05, 3.63) is 42.0 Å². The van der Waals surface area contributed by atoms with Crippen molar-refractivity contribution in [1.82, 2.24) is 5.06 Å². The molecule has 2 aromatic rings. The van der Waals surface area contributed by atoms with E-state index in [1.807, 2.05) is 30.3 Å². The highest BCUT2D eigenvalue weighted by molar-refractivity contribution is 6.14. The van der Waals surface area contributed by atoms with E-state index in [1.54, 1.807) is 6.07 Å². The van der Waals surface area contributed by atoms with Gasteiger partial charge in [0.05, 0.1) is 11.6 Å². The number of anilines is 1. The van der Waals surface area contributed by atoms with Gasteiger partial charge in [-0.3, -0.25) is 4.79 Å². The molecule has 0 radical (unpaired) electrons. The predicted octanol–water partition coefficient (Wildman–Crippen LogP) is 2.46. The number of carbonyl (C=O) groups is 1. The molecular formula is C15H16N2O2. The van der Waals surface area contributed by atoms with E-state index in [4.69, 9.17) is 5.73 Å². The Morgan fingerprint density at radius 2 is 2.05 bits per heavy atom. The largest absolute Gasteiger partial charge is 0.398 e. The molecule has 19 heavy (non-hydrogen) atoms. The molecule has 0 amide bonds. The summed E-state index contributed by atoms with van der Waals surface area (Å²) >= 11 is 0. The molecule has 1 saturated heterocycles. The van der Waals surface area contributed by atoms with Gasteiger partial charge < -0.3 is 10.9 Å². The molecule has 4 nitrogen and oxygen atoms in total. The van der Waals surface area contributed by atoms with E-state index in [0.29, 0.717) is 24.2 Å². The summed E-state index contributed by atoms with van der Waals surface area (Å²) in [6.07, 6.45) is 1.51. The number of hydroxylamine groups is 2. The number of benzene rings is 2. The lowest BCUT2D eigenvalue weighted by Gasteiger charge is -2.18. The third kappa shape index (κ3) is 1.99. The fourth-order valence-electron chi connectivity index (χ4n) is 2.75. The van der Waals surface area contributed by atoms with E-state index in [2.05, 4.69) is 0 Å². The number of nitrogens with two attached hydrogens (primary N) is 1. The van der Waals surface area contributed by atoms with Gasteiger partial charge >= 0.3 is 0 Å². The van der Waals surface area contributed by atoms with Gasteiger partial charge in [-0.2, -0.15) is 5.06 Å². The molecule has 4 heteroatoms. The topological polar surface area (TPSA) is 66.6 Å². The number of Topliss-reactive ketones (excluding diaryl/α,β-unsaturated/α-hetero) is 1. The molecule has 0 spiro atoms. The van der Waals surface area contributed by atoms with E-state index < -0.39 is 6.04 Å². The summed E-state index contributed by atoms with van der Waals surface area (Å²) < 4.78 is 0. The zero-order chi connectivity index (χ0) is 13.4. The lowest BCUT2D eigenvalue weighted by atomic mass is 9.95. The van der Waals surface area contributed by atoms with Gasteiger partial charge in [0.25, 0.3) is 0 Å². The summed E-state index contributed by atoms with van der Waals surface area (Å²) in [5.41, 5.74) is 6.99. The minimum atomic E-state index is -0.465. The zero-order valence-electron chi connectivity index (χ0n) is 10.5. The molecule has 0 saturated carbocycles. The molecule has 0 bridgehead atoms. The highest BCUT2D eigenvalue weighted by Crippen LogP contribution is 2.28. The van der Waals surface area contributed by atoms with Crippen LogP contribution in [-0.2, 0) is 0 Å². The summed E-state index contributed by atoms with van der Waals surface area (Å²) in [5.74, 6) is -0.0886. The van der Waals surface area contributed by atoms with E-state index in [0.717, 1.165) is 22.3 Å². The molecule has 2 aromatic carbocycles. The SMILES string of the molecule is Nc1ccc2ccccc2c1C(=O)[C@@H]1CCCN1O. The summed E-state index contributed by atoms with van der Waals surface area (Å²) in [4.78, 5) is 12.6. The molecule has 1 heterocycles. The Hall–Kier alpha value is -1.91. The average Bonchev–Trinajstić information content (AvgIpc) is 2.84. The Bertz CT molecular complexity index is 639. The molecule has 1 atom stereocenters. The van der Waals surface area contributed by atoms with Crippen LogP contribution < -0.4 is 5.73 Å². The molecule has 0 unspecified atom stereocenters. The average molecular weight is 256 g/mol.